The Labute approximate surface area is 198 Å². The molecule has 2 heterocycles. The molecule has 0 saturated carbocycles. The summed E-state index contributed by atoms with van der Waals surface area (Å²) in [7, 11) is 0. The standard InChI is InChI=1S/C22H22ClN3O4S2/c1-3-30-22(29)24-17(27)11-31-21-25-19-18(15-9-4-12(2)10-16(15)32-19)20(28)26(21)14-7-5-13(23)6-8-14/h5-8,12H,3-4,9-11H2,1-2H3,(H,24,27,29). The van der Waals surface area contributed by atoms with Gasteiger partial charge in [-0.25, -0.2) is 9.78 Å². The summed E-state index contributed by atoms with van der Waals surface area (Å²) in [5, 5.41) is 3.76. The minimum atomic E-state index is -0.795. The monoisotopic (exact) mass is 491 g/mol. The summed E-state index contributed by atoms with van der Waals surface area (Å²) >= 11 is 8.69. The van der Waals surface area contributed by atoms with Crippen LogP contribution in [0.3, 0.4) is 0 Å². The van der Waals surface area contributed by atoms with Gasteiger partial charge in [-0.3, -0.25) is 19.5 Å². The van der Waals surface area contributed by atoms with Crippen molar-refractivity contribution in [2.24, 2.45) is 5.92 Å². The first-order valence-corrected chi connectivity index (χ1v) is 12.5. The molecule has 2 aromatic heterocycles. The maximum atomic E-state index is 13.7. The molecule has 3 aromatic rings. The number of halogens is 1. The Morgan fingerprint density at radius 2 is 2.09 bits per heavy atom. The average Bonchev–Trinajstić information content (AvgIpc) is 3.11. The van der Waals surface area contributed by atoms with Crippen LogP contribution in [0.5, 0.6) is 0 Å². The van der Waals surface area contributed by atoms with Gasteiger partial charge in [-0.15, -0.1) is 11.3 Å². The quantitative estimate of drug-likeness (QED) is 0.414. The van der Waals surface area contributed by atoms with Crippen LogP contribution in [0.25, 0.3) is 15.9 Å². The Morgan fingerprint density at radius 3 is 2.81 bits per heavy atom. The fraction of sp³-hybridized carbons (Fsp3) is 0.364. The first-order valence-electron chi connectivity index (χ1n) is 10.3. The average molecular weight is 492 g/mol. The molecule has 32 heavy (non-hydrogen) atoms. The van der Waals surface area contributed by atoms with E-state index >= 15 is 0 Å². The Hall–Kier alpha value is -2.36. The van der Waals surface area contributed by atoms with Crippen molar-refractivity contribution in [3.05, 3.63) is 50.1 Å². The van der Waals surface area contributed by atoms with E-state index in [0.717, 1.165) is 36.6 Å². The molecular weight excluding hydrogens is 470 g/mol. The van der Waals surface area contributed by atoms with Crippen molar-refractivity contribution in [3.63, 3.8) is 0 Å². The van der Waals surface area contributed by atoms with Gasteiger partial charge in [-0.1, -0.05) is 30.3 Å². The first kappa shape index (κ1) is 22.8. The zero-order valence-electron chi connectivity index (χ0n) is 17.6. The third kappa shape index (κ3) is 4.69. The van der Waals surface area contributed by atoms with Gasteiger partial charge < -0.3 is 4.74 Å². The molecule has 1 aliphatic carbocycles. The number of rotatable bonds is 5. The highest BCUT2D eigenvalue weighted by Crippen LogP contribution is 2.37. The van der Waals surface area contributed by atoms with Gasteiger partial charge in [0.25, 0.3) is 5.56 Å². The van der Waals surface area contributed by atoms with Gasteiger partial charge in [0.2, 0.25) is 5.91 Å². The van der Waals surface area contributed by atoms with E-state index in [2.05, 4.69) is 12.2 Å². The molecule has 168 valence electrons. The number of carbonyl (C=O) groups excluding carboxylic acids is 2. The van der Waals surface area contributed by atoms with Gasteiger partial charge in [0.1, 0.15) is 4.83 Å². The second-order valence-electron chi connectivity index (χ2n) is 7.60. The van der Waals surface area contributed by atoms with Crippen LogP contribution >= 0.6 is 34.7 Å². The minimum Gasteiger partial charge on any atom is -0.450 e. The van der Waals surface area contributed by atoms with Crippen LogP contribution in [-0.2, 0) is 22.4 Å². The summed E-state index contributed by atoms with van der Waals surface area (Å²) in [6.07, 6.45) is 2.06. The molecule has 10 heteroatoms. The molecule has 2 amide bonds. The predicted molar refractivity (Wildman–Crippen MR) is 127 cm³/mol. The van der Waals surface area contributed by atoms with E-state index in [-0.39, 0.29) is 17.9 Å². The number of nitrogens with zero attached hydrogens (tertiary/aromatic N) is 2. The van der Waals surface area contributed by atoms with Gasteiger partial charge in [-0.2, -0.15) is 0 Å². The number of aryl methyl sites for hydroxylation is 1. The number of hydrogen-bond acceptors (Lipinski definition) is 7. The topological polar surface area (TPSA) is 90.3 Å². The molecule has 1 N–H and O–H groups in total. The van der Waals surface area contributed by atoms with E-state index in [4.69, 9.17) is 21.3 Å². The van der Waals surface area contributed by atoms with Gasteiger partial charge >= 0.3 is 6.09 Å². The smallest absolute Gasteiger partial charge is 0.413 e. The Kier molecular flexibility index (Phi) is 6.88. The van der Waals surface area contributed by atoms with Gasteiger partial charge in [0.15, 0.2) is 5.16 Å². The lowest BCUT2D eigenvalue weighted by Gasteiger charge is -2.17. The SMILES string of the molecule is CCOC(=O)NC(=O)CSc1nc2sc3c(c2c(=O)n1-c1ccc(Cl)cc1)CCC(C)C3. The molecule has 0 aliphatic heterocycles. The Bertz CT molecular complexity index is 1240. The number of alkyl carbamates (subject to hydrolysis) is 1. The number of thiophene rings is 1. The second-order valence-corrected chi connectivity index (χ2v) is 10.1. The number of imide groups is 1. The van der Waals surface area contributed by atoms with Crippen LogP contribution in [-0.4, -0.2) is 33.9 Å². The lowest BCUT2D eigenvalue weighted by molar-refractivity contribution is -0.117. The molecule has 0 bridgehead atoms. The highest BCUT2D eigenvalue weighted by molar-refractivity contribution is 7.99. The number of hydrogen-bond donors (Lipinski definition) is 1. The molecule has 4 rings (SSSR count). The van der Waals surface area contributed by atoms with E-state index in [0.29, 0.717) is 32.0 Å². The molecule has 1 aliphatic rings. The second kappa shape index (κ2) is 9.64. The van der Waals surface area contributed by atoms with Crippen LogP contribution in [0.4, 0.5) is 4.79 Å². The molecule has 7 nitrogen and oxygen atoms in total. The number of aromatic nitrogens is 2. The van der Waals surface area contributed by atoms with Crippen LogP contribution < -0.4 is 10.9 Å². The number of ether oxygens (including phenoxy) is 1. The van der Waals surface area contributed by atoms with Crippen molar-refractivity contribution >= 4 is 56.9 Å². The van der Waals surface area contributed by atoms with Crippen molar-refractivity contribution in [1.82, 2.24) is 14.9 Å². The number of thioether (sulfide) groups is 1. The molecule has 0 spiro atoms. The molecule has 0 radical (unpaired) electrons. The molecule has 1 unspecified atom stereocenters. The van der Waals surface area contributed by atoms with E-state index in [1.54, 1.807) is 42.5 Å². The third-order valence-electron chi connectivity index (χ3n) is 5.23. The number of fused-ring (bicyclic) bond motifs is 3. The summed E-state index contributed by atoms with van der Waals surface area (Å²) in [4.78, 5) is 44.0. The van der Waals surface area contributed by atoms with Crippen LogP contribution in [0, 0.1) is 5.92 Å². The van der Waals surface area contributed by atoms with Crippen molar-refractivity contribution in [1.29, 1.82) is 0 Å². The van der Waals surface area contributed by atoms with E-state index in [9.17, 15) is 14.4 Å². The fourth-order valence-corrected chi connectivity index (χ4v) is 6.10. The normalized spacial score (nSPS) is 15.4. The minimum absolute atomic E-state index is 0.0908. The molecule has 1 aromatic carbocycles. The number of benzene rings is 1. The third-order valence-corrected chi connectivity index (χ3v) is 7.57. The predicted octanol–water partition coefficient (Wildman–Crippen LogP) is 4.59. The van der Waals surface area contributed by atoms with E-state index in [1.807, 2.05) is 0 Å². The van der Waals surface area contributed by atoms with Crippen LogP contribution in [0.2, 0.25) is 5.02 Å². The van der Waals surface area contributed by atoms with Gasteiger partial charge in [-0.05, 0) is 61.9 Å². The van der Waals surface area contributed by atoms with E-state index < -0.39 is 12.0 Å². The van der Waals surface area contributed by atoms with Gasteiger partial charge in [0, 0.05) is 9.90 Å². The van der Waals surface area contributed by atoms with Crippen molar-refractivity contribution in [2.45, 2.75) is 38.3 Å². The maximum Gasteiger partial charge on any atom is 0.413 e. The summed E-state index contributed by atoms with van der Waals surface area (Å²) < 4.78 is 6.26. The van der Waals surface area contributed by atoms with Gasteiger partial charge in [0.05, 0.1) is 23.4 Å². The molecule has 0 saturated heterocycles. The highest BCUT2D eigenvalue weighted by Gasteiger charge is 2.25. The Balaban J connectivity index is 1.75. The first-order chi connectivity index (χ1) is 15.4. The summed E-state index contributed by atoms with van der Waals surface area (Å²) in [5.74, 6) is -0.0360. The van der Waals surface area contributed by atoms with Crippen molar-refractivity contribution < 1.29 is 14.3 Å². The van der Waals surface area contributed by atoms with Crippen LogP contribution in [0.1, 0.15) is 30.7 Å². The fourth-order valence-electron chi connectivity index (χ4n) is 3.73. The van der Waals surface area contributed by atoms with E-state index in [1.165, 1.54) is 9.44 Å². The summed E-state index contributed by atoms with van der Waals surface area (Å²) in [6, 6.07) is 6.92. The Morgan fingerprint density at radius 1 is 1.34 bits per heavy atom. The van der Waals surface area contributed by atoms with Crippen molar-refractivity contribution in [2.75, 3.05) is 12.4 Å². The van der Waals surface area contributed by atoms with Crippen LogP contribution in [0.15, 0.2) is 34.2 Å². The lowest BCUT2D eigenvalue weighted by atomic mass is 9.89. The lowest BCUT2D eigenvalue weighted by Crippen LogP contribution is -2.32. The molecule has 1 atom stereocenters. The maximum absolute atomic E-state index is 13.7. The number of nitrogens with one attached hydrogen (secondary N) is 1. The molecule has 0 fully saturated rings. The molecular formula is C22H22ClN3O4S2. The number of amides is 2. The largest absolute Gasteiger partial charge is 0.450 e. The summed E-state index contributed by atoms with van der Waals surface area (Å²) in [6.45, 7) is 4.04. The number of carbonyl (C=O) groups is 2. The zero-order valence-corrected chi connectivity index (χ0v) is 20.0. The van der Waals surface area contributed by atoms with Crippen molar-refractivity contribution in [3.8, 4) is 5.69 Å². The highest BCUT2D eigenvalue weighted by atomic mass is 35.5. The summed E-state index contributed by atoms with van der Waals surface area (Å²) in [5.41, 5.74) is 1.56. The zero-order chi connectivity index (χ0) is 22.8.